The van der Waals surface area contributed by atoms with Crippen LogP contribution in [0.25, 0.3) is 0 Å². The van der Waals surface area contributed by atoms with Gasteiger partial charge in [-0.2, -0.15) is 0 Å². The first kappa shape index (κ1) is 14.6. The molecular weight excluding hydrogens is 250 g/mol. The maximum Gasteiger partial charge on any atom is 0.269 e. The summed E-state index contributed by atoms with van der Waals surface area (Å²) in [4.78, 5) is 33.8. The molecule has 1 atom stereocenters. The molecule has 0 bridgehead atoms. The molecule has 0 heterocycles. The van der Waals surface area contributed by atoms with Gasteiger partial charge in [0.2, 0.25) is 11.8 Å². The van der Waals surface area contributed by atoms with Crippen molar-refractivity contribution in [2.24, 2.45) is 5.73 Å². The van der Waals surface area contributed by atoms with Crippen LogP contribution in [-0.2, 0) is 9.59 Å². The lowest BCUT2D eigenvalue weighted by molar-refractivity contribution is -0.384. The molecule has 102 valence electrons. The van der Waals surface area contributed by atoms with Crippen molar-refractivity contribution in [2.75, 3.05) is 6.54 Å². The van der Waals surface area contributed by atoms with Gasteiger partial charge in [0.05, 0.1) is 17.5 Å². The number of hydrogen-bond donors (Lipinski definition) is 1. The summed E-state index contributed by atoms with van der Waals surface area (Å²) in [5, 5.41) is 10.5. The van der Waals surface area contributed by atoms with Gasteiger partial charge in [-0.15, -0.1) is 0 Å². The summed E-state index contributed by atoms with van der Waals surface area (Å²) >= 11 is 0. The molecule has 0 fully saturated rings. The number of nitrogens with zero attached hydrogens (tertiary/aromatic N) is 2. The van der Waals surface area contributed by atoms with E-state index in [0.717, 1.165) is 0 Å². The van der Waals surface area contributed by atoms with Crippen molar-refractivity contribution in [3.8, 4) is 0 Å². The van der Waals surface area contributed by atoms with Crippen LogP contribution in [-0.4, -0.2) is 28.2 Å². The van der Waals surface area contributed by atoms with Crippen molar-refractivity contribution < 1.29 is 14.5 Å². The Morgan fingerprint density at radius 2 is 1.89 bits per heavy atom. The third kappa shape index (κ3) is 3.77. The fourth-order valence-corrected chi connectivity index (χ4v) is 1.74. The number of carbonyl (C=O) groups excluding carboxylic acids is 2. The van der Waals surface area contributed by atoms with Crippen molar-refractivity contribution in [3.05, 3.63) is 39.9 Å². The highest BCUT2D eigenvalue weighted by molar-refractivity contribution is 5.82. The number of rotatable bonds is 5. The Kier molecular flexibility index (Phi) is 4.57. The summed E-state index contributed by atoms with van der Waals surface area (Å²) in [5.41, 5.74) is 5.76. The van der Waals surface area contributed by atoms with Crippen LogP contribution < -0.4 is 5.73 Å². The first-order valence-corrected chi connectivity index (χ1v) is 5.62. The van der Waals surface area contributed by atoms with Crippen molar-refractivity contribution in [2.45, 2.75) is 19.9 Å². The Morgan fingerprint density at radius 1 is 1.37 bits per heavy atom. The van der Waals surface area contributed by atoms with Gasteiger partial charge in [0.15, 0.2) is 0 Å². The van der Waals surface area contributed by atoms with Crippen molar-refractivity contribution >= 4 is 17.5 Å². The van der Waals surface area contributed by atoms with E-state index in [1.165, 1.54) is 24.0 Å². The highest BCUT2D eigenvalue weighted by Crippen LogP contribution is 2.22. The second-order valence-electron chi connectivity index (χ2n) is 4.14. The van der Waals surface area contributed by atoms with Gasteiger partial charge >= 0.3 is 0 Å². The fourth-order valence-electron chi connectivity index (χ4n) is 1.74. The molecule has 0 unspecified atom stereocenters. The second-order valence-corrected chi connectivity index (χ2v) is 4.14. The molecule has 7 nitrogen and oxygen atoms in total. The molecular formula is C12H15N3O4. The molecule has 0 saturated heterocycles. The number of non-ortho nitro benzene ring substituents is 1. The number of nitro groups is 1. The smallest absolute Gasteiger partial charge is 0.269 e. The lowest BCUT2D eigenvalue weighted by atomic mass is 10.1. The Labute approximate surface area is 110 Å². The number of nitro benzene ring substituents is 1. The average molecular weight is 265 g/mol. The second kappa shape index (κ2) is 5.94. The normalized spacial score (nSPS) is 11.7. The van der Waals surface area contributed by atoms with E-state index in [2.05, 4.69) is 0 Å². The Balaban J connectivity index is 2.96. The average Bonchev–Trinajstić information content (AvgIpc) is 2.34. The first-order chi connectivity index (χ1) is 8.82. The molecule has 2 N–H and O–H groups in total. The van der Waals surface area contributed by atoms with Crippen LogP contribution in [0.4, 0.5) is 5.69 Å². The van der Waals surface area contributed by atoms with Gasteiger partial charge in [-0.3, -0.25) is 19.7 Å². The molecule has 7 heteroatoms. The van der Waals surface area contributed by atoms with Gasteiger partial charge < -0.3 is 10.6 Å². The molecule has 0 radical (unpaired) electrons. The molecule has 1 aromatic carbocycles. The van der Waals surface area contributed by atoms with Gasteiger partial charge in [0.1, 0.15) is 0 Å². The van der Waals surface area contributed by atoms with E-state index in [-0.39, 0.29) is 24.2 Å². The standard InChI is InChI=1S/C12H15N3O4/c1-8(14(9(2)16)7-12(13)17)10-3-5-11(6-4-10)15(18)19/h3-6,8H,7H2,1-2H3,(H2,13,17)/t8-/m0/s1. The van der Waals surface area contributed by atoms with Crippen molar-refractivity contribution in [1.82, 2.24) is 4.90 Å². The van der Waals surface area contributed by atoms with Crippen molar-refractivity contribution in [3.63, 3.8) is 0 Å². The Hall–Kier alpha value is -2.44. The molecule has 1 rings (SSSR count). The molecule has 1 aromatic rings. The molecule has 19 heavy (non-hydrogen) atoms. The van der Waals surface area contributed by atoms with Gasteiger partial charge in [0, 0.05) is 19.1 Å². The topological polar surface area (TPSA) is 107 Å². The minimum atomic E-state index is -0.607. The maximum absolute atomic E-state index is 11.5. The van der Waals surface area contributed by atoms with E-state index >= 15 is 0 Å². The summed E-state index contributed by atoms with van der Waals surface area (Å²) < 4.78 is 0. The third-order valence-corrected chi connectivity index (χ3v) is 2.78. The first-order valence-electron chi connectivity index (χ1n) is 5.62. The summed E-state index contributed by atoms with van der Waals surface area (Å²) in [5.74, 6) is -0.895. The lowest BCUT2D eigenvalue weighted by Gasteiger charge is -2.27. The van der Waals surface area contributed by atoms with E-state index < -0.39 is 10.8 Å². The Morgan fingerprint density at radius 3 is 2.26 bits per heavy atom. The van der Waals surface area contributed by atoms with Crippen LogP contribution in [0.3, 0.4) is 0 Å². The zero-order chi connectivity index (χ0) is 14.6. The van der Waals surface area contributed by atoms with Crippen LogP contribution in [0.2, 0.25) is 0 Å². The van der Waals surface area contributed by atoms with Gasteiger partial charge in [-0.25, -0.2) is 0 Å². The van der Waals surface area contributed by atoms with E-state index in [9.17, 15) is 19.7 Å². The summed E-state index contributed by atoms with van der Waals surface area (Å²) in [6.07, 6.45) is 0. The van der Waals surface area contributed by atoms with E-state index in [4.69, 9.17) is 5.73 Å². The van der Waals surface area contributed by atoms with Crippen LogP contribution >= 0.6 is 0 Å². The van der Waals surface area contributed by atoms with Crippen molar-refractivity contribution in [1.29, 1.82) is 0 Å². The zero-order valence-electron chi connectivity index (χ0n) is 10.7. The third-order valence-electron chi connectivity index (χ3n) is 2.78. The van der Waals surface area contributed by atoms with Gasteiger partial charge in [-0.1, -0.05) is 12.1 Å². The zero-order valence-corrected chi connectivity index (χ0v) is 10.7. The molecule has 0 aliphatic carbocycles. The predicted molar refractivity (Wildman–Crippen MR) is 68.1 cm³/mol. The minimum absolute atomic E-state index is 0.0276. The molecule has 0 spiro atoms. The monoisotopic (exact) mass is 265 g/mol. The maximum atomic E-state index is 11.5. The van der Waals surface area contributed by atoms with Crippen LogP contribution in [0.5, 0.6) is 0 Å². The van der Waals surface area contributed by atoms with E-state index in [0.29, 0.717) is 5.56 Å². The van der Waals surface area contributed by atoms with Gasteiger partial charge in [0.25, 0.3) is 5.69 Å². The minimum Gasteiger partial charge on any atom is -0.368 e. The number of carbonyl (C=O) groups is 2. The highest BCUT2D eigenvalue weighted by Gasteiger charge is 2.20. The molecule has 0 aliphatic heterocycles. The summed E-state index contributed by atoms with van der Waals surface area (Å²) in [6, 6.07) is 5.44. The molecule has 2 amide bonds. The summed E-state index contributed by atoms with van der Waals surface area (Å²) in [7, 11) is 0. The number of hydrogen-bond acceptors (Lipinski definition) is 4. The number of nitrogens with two attached hydrogens (primary N) is 1. The van der Waals surface area contributed by atoms with Crippen LogP contribution in [0.1, 0.15) is 25.5 Å². The van der Waals surface area contributed by atoms with Crippen LogP contribution in [0.15, 0.2) is 24.3 Å². The number of primary amides is 1. The highest BCUT2D eigenvalue weighted by atomic mass is 16.6. The molecule has 0 saturated carbocycles. The number of benzene rings is 1. The SMILES string of the molecule is CC(=O)N(CC(N)=O)[C@@H](C)c1ccc([N+](=O)[O-])cc1. The van der Waals surface area contributed by atoms with E-state index in [1.54, 1.807) is 19.1 Å². The summed E-state index contributed by atoms with van der Waals surface area (Å²) in [6.45, 7) is 2.88. The lowest BCUT2D eigenvalue weighted by Crippen LogP contribution is -2.38. The number of amides is 2. The van der Waals surface area contributed by atoms with E-state index in [1.807, 2.05) is 0 Å². The largest absolute Gasteiger partial charge is 0.368 e. The van der Waals surface area contributed by atoms with Gasteiger partial charge in [-0.05, 0) is 12.5 Å². The molecule has 0 aliphatic rings. The quantitative estimate of drug-likeness (QED) is 0.632. The molecule has 0 aromatic heterocycles. The Bertz CT molecular complexity index is 498. The predicted octanol–water partition coefficient (Wildman–Crippen LogP) is 0.990. The van der Waals surface area contributed by atoms with Crippen LogP contribution in [0, 0.1) is 10.1 Å². The fraction of sp³-hybridized carbons (Fsp3) is 0.333.